The molecule has 6 nitrogen and oxygen atoms in total. The summed E-state index contributed by atoms with van der Waals surface area (Å²) < 4.78 is 0. The van der Waals surface area contributed by atoms with Crippen molar-refractivity contribution in [2.75, 3.05) is 52.4 Å². The third kappa shape index (κ3) is 3.49. The normalized spacial score (nSPS) is 21.9. The number of amides is 2. The molecule has 6 heteroatoms. The number of rotatable bonds is 0. The number of carbonyl (C=O) groups is 2. The SMILES string of the molecule is CC(C)(C)N1CCN(C(=O)C(=O)N2CCNCC2)CC1. The fourth-order valence-corrected chi connectivity index (χ4v) is 2.72. The molecule has 2 aliphatic heterocycles. The third-order valence-electron chi connectivity index (χ3n) is 4.10. The van der Waals surface area contributed by atoms with Crippen LogP contribution >= 0.6 is 0 Å². The van der Waals surface area contributed by atoms with Crippen LogP contribution in [0.2, 0.25) is 0 Å². The average Bonchev–Trinajstić information content (AvgIpc) is 2.46. The smallest absolute Gasteiger partial charge is 0.312 e. The Hall–Kier alpha value is -1.14. The summed E-state index contributed by atoms with van der Waals surface area (Å²) >= 11 is 0. The van der Waals surface area contributed by atoms with E-state index in [1.165, 1.54) is 0 Å². The van der Waals surface area contributed by atoms with E-state index >= 15 is 0 Å². The molecule has 2 rings (SSSR count). The third-order valence-corrected chi connectivity index (χ3v) is 4.10. The zero-order valence-electron chi connectivity index (χ0n) is 12.8. The first kappa shape index (κ1) is 15.3. The van der Waals surface area contributed by atoms with Crippen LogP contribution in [0, 0.1) is 0 Å². The fraction of sp³-hybridized carbons (Fsp3) is 0.857. The quantitative estimate of drug-likeness (QED) is 0.601. The van der Waals surface area contributed by atoms with Gasteiger partial charge in [-0.05, 0) is 20.8 Å². The highest BCUT2D eigenvalue weighted by molar-refractivity contribution is 6.34. The van der Waals surface area contributed by atoms with Crippen molar-refractivity contribution >= 4 is 11.8 Å². The van der Waals surface area contributed by atoms with Crippen LogP contribution < -0.4 is 5.32 Å². The lowest BCUT2D eigenvalue weighted by atomic mass is 10.0. The molecule has 0 aromatic carbocycles. The van der Waals surface area contributed by atoms with Gasteiger partial charge in [-0.15, -0.1) is 0 Å². The fourth-order valence-electron chi connectivity index (χ4n) is 2.72. The van der Waals surface area contributed by atoms with Crippen molar-refractivity contribution in [3.05, 3.63) is 0 Å². The highest BCUT2D eigenvalue weighted by Crippen LogP contribution is 2.16. The van der Waals surface area contributed by atoms with Crippen LogP contribution in [0.4, 0.5) is 0 Å². The lowest BCUT2D eigenvalue weighted by molar-refractivity contribution is -0.153. The van der Waals surface area contributed by atoms with E-state index in [9.17, 15) is 9.59 Å². The summed E-state index contributed by atoms with van der Waals surface area (Å²) in [5.41, 5.74) is 0.123. The summed E-state index contributed by atoms with van der Waals surface area (Å²) in [6.07, 6.45) is 0. The number of nitrogens with one attached hydrogen (secondary N) is 1. The van der Waals surface area contributed by atoms with Crippen molar-refractivity contribution in [2.24, 2.45) is 0 Å². The van der Waals surface area contributed by atoms with E-state index in [1.54, 1.807) is 9.80 Å². The van der Waals surface area contributed by atoms with Crippen molar-refractivity contribution in [1.29, 1.82) is 0 Å². The lowest BCUT2D eigenvalue weighted by Crippen LogP contribution is -2.58. The monoisotopic (exact) mass is 282 g/mol. The molecule has 2 amide bonds. The second-order valence-corrected chi connectivity index (χ2v) is 6.49. The summed E-state index contributed by atoms with van der Waals surface area (Å²) in [5.74, 6) is -0.670. The molecular formula is C14H26N4O2. The van der Waals surface area contributed by atoms with Crippen molar-refractivity contribution in [3.63, 3.8) is 0 Å². The topological polar surface area (TPSA) is 55.9 Å². The summed E-state index contributed by atoms with van der Waals surface area (Å²) in [6.45, 7) is 12.3. The van der Waals surface area contributed by atoms with Crippen LogP contribution in [-0.2, 0) is 9.59 Å². The van der Waals surface area contributed by atoms with Gasteiger partial charge < -0.3 is 15.1 Å². The zero-order chi connectivity index (χ0) is 14.8. The predicted molar refractivity (Wildman–Crippen MR) is 77.4 cm³/mol. The van der Waals surface area contributed by atoms with Gasteiger partial charge in [-0.2, -0.15) is 0 Å². The maximum atomic E-state index is 12.2. The largest absolute Gasteiger partial charge is 0.332 e. The van der Waals surface area contributed by atoms with E-state index in [1.807, 2.05) is 0 Å². The minimum atomic E-state index is -0.337. The molecule has 2 fully saturated rings. The van der Waals surface area contributed by atoms with Crippen molar-refractivity contribution in [1.82, 2.24) is 20.0 Å². The Balaban J connectivity index is 1.86. The molecule has 2 aliphatic rings. The van der Waals surface area contributed by atoms with Gasteiger partial charge in [0, 0.05) is 57.9 Å². The lowest BCUT2D eigenvalue weighted by Gasteiger charge is -2.42. The minimum absolute atomic E-state index is 0.123. The molecule has 0 aromatic heterocycles. The summed E-state index contributed by atoms with van der Waals surface area (Å²) in [6, 6.07) is 0. The predicted octanol–water partition coefficient (Wildman–Crippen LogP) is -0.639. The van der Waals surface area contributed by atoms with Crippen LogP contribution in [0.1, 0.15) is 20.8 Å². The van der Waals surface area contributed by atoms with Crippen molar-refractivity contribution < 1.29 is 9.59 Å². The summed E-state index contributed by atoms with van der Waals surface area (Å²) in [5, 5.41) is 3.19. The van der Waals surface area contributed by atoms with Crippen LogP contribution in [0.15, 0.2) is 0 Å². The van der Waals surface area contributed by atoms with E-state index in [4.69, 9.17) is 0 Å². The van der Waals surface area contributed by atoms with Crippen molar-refractivity contribution in [3.8, 4) is 0 Å². The number of carbonyl (C=O) groups excluding carboxylic acids is 2. The standard InChI is InChI=1S/C14H26N4O2/c1-14(2,3)18-10-8-17(9-11-18)13(20)12(19)16-6-4-15-5-7-16/h15H,4-11H2,1-3H3. The molecule has 20 heavy (non-hydrogen) atoms. The van der Waals surface area contributed by atoms with Crippen LogP contribution in [0.25, 0.3) is 0 Å². The molecule has 0 unspecified atom stereocenters. The molecule has 0 aromatic rings. The van der Waals surface area contributed by atoms with Crippen LogP contribution in [0.5, 0.6) is 0 Å². The number of hydrogen-bond donors (Lipinski definition) is 1. The molecule has 0 atom stereocenters. The first-order chi connectivity index (χ1) is 9.39. The van der Waals surface area contributed by atoms with Gasteiger partial charge in [0.2, 0.25) is 0 Å². The summed E-state index contributed by atoms with van der Waals surface area (Å²) in [4.78, 5) is 30.1. The van der Waals surface area contributed by atoms with Gasteiger partial charge in [-0.1, -0.05) is 0 Å². The highest BCUT2D eigenvalue weighted by Gasteiger charge is 2.32. The molecule has 0 spiro atoms. The first-order valence-electron chi connectivity index (χ1n) is 7.43. The Bertz CT molecular complexity index is 364. The van der Waals surface area contributed by atoms with E-state index in [2.05, 4.69) is 31.0 Å². The maximum Gasteiger partial charge on any atom is 0.312 e. The zero-order valence-corrected chi connectivity index (χ0v) is 12.8. The van der Waals surface area contributed by atoms with Gasteiger partial charge in [0.25, 0.3) is 0 Å². The molecule has 1 N–H and O–H groups in total. The molecule has 0 radical (unpaired) electrons. The average molecular weight is 282 g/mol. The summed E-state index contributed by atoms with van der Waals surface area (Å²) in [7, 11) is 0. The van der Waals surface area contributed by atoms with E-state index in [0.717, 1.165) is 26.2 Å². The Labute approximate surface area is 121 Å². The second kappa shape index (κ2) is 6.10. The molecule has 2 saturated heterocycles. The molecule has 0 aliphatic carbocycles. The van der Waals surface area contributed by atoms with E-state index in [-0.39, 0.29) is 17.4 Å². The molecule has 114 valence electrons. The molecule has 2 heterocycles. The van der Waals surface area contributed by atoms with E-state index in [0.29, 0.717) is 26.2 Å². The van der Waals surface area contributed by atoms with Gasteiger partial charge in [0.15, 0.2) is 0 Å². The second-order valence-electron chi connectivity index (χ2n) is 6.49. The first-order valence-corrected chi connectivity index (χ1v) is 7.43. The van der Waals surface area contributed by atoms with Crippen LogP contribution in [0.3, 0.4) is 0 Å². The molecule has 0 bridgehead atoms. The highest BCUT2D eigenvalue weighted by atomic mass is 16.2. The number of piperazine rings is 2. The van der Waals surface area contributed by atoms with E-state index < -0.39 is 0 Å². The van der Waals surface area contributed by atoms with Gasteiger partial charge in [0.1, 0.15) is 0 Å². The maximum absolute atomic E-state index is 12.2. The van der Waals surface area contributed by atoms with Crippen LogP contribution in [-0.4, -0.2) is 84.4 Å². The Kier molecular flexibility index (Phi) is 4.65. The minimum Gasteiger partial charge on any atom is -0.332 e. The number of hydrogen-bond acceptors (Lipinski definition) is 4. The van der Waals surface area contributed by atoms with Gasteiger partial charge in [0.05, 0.1) is 0 Å². The Morgan fingerprint density at radius 3 is 1.70 bits per heavy atom. The molecular weight excluding hydrogens is 256 g/mol. The molecule has 0 saturated carbocycles. The van der Waals surface area contributed by atoms with Crippen molar-refractivity contribution in [2.45, 2.75) is 26.3 Å². The Morgan fingerprint density at radius 2 is 1.25 bits per heavy atom. The van der Waals surface area contributed by atoms with Gasteiger partial charge in [-0.3, -0.25) is 14.5 Å². The number of nitrogens with zero attached hydrogens (tertiary/aromatic N) is 3. The van der Waals surface area contributed by atoms with Gasteiger partial charge in [-0.25, -0.2) is 0 Å². The van der Waals surface area contributed by atoms with Gasteiger partial charge >= 0.3 is 11.8 Å². The Morgan fingerprint density at radius 1 is 0.800 bits per heavy atom.